The predicted octanol–water partition coefficient (Wildman–Crippen LogP) is 3.50. The Balaban J connectivity index is 2.17. The zero-order chi connectivity index (χ0) is 14.5. The summed E-state index contributed by atoms with van der Waals surface area (Å²) in [5.41, 5.74) is 0.847. The Hall–Kier alpha value is -2.49. The van der Waals surface area contributed by atoms with Crippen LogP contribution in [0.2, 0.25) is 0 Å². The lowest BCUT2D eigenvalue weighted by molar-refractivity contribution is 0.102. The SMILES string of the molecule is COc1ccc(/C=C/C(=O)c2ccc(C)o2)cc1OC. The van der Waals surface area contributed by atoms with Crippen molar-refractivity contribution in [1.82, 2.24) is 0 Å². The van der Waals surface area contributed by atoms with Crippen molar-refractivity contribution in [3.63, 3.8) is 0 Å². The number of carbonyl (C=O) groups excluding carboxylic acids is 1. The third-order valence-corrected chi connectivity index (χ3v) is 2.82. The summed E-state index contributed by atoms with van der Waals surface area (Å²) in [6.07, 6.45) is 3.18. The van der Waals surface area contributed by atoms with Crippen molar-refractivity contribution in [3.8, 4) is 11.5 Å². The van der Waals surface area contributed by atoms with Crippen molar-refractivity contribution in [2.45, 2.75) is 6.92 Å². The summed E-state index contributed by atoms with van der Waals surface area (Å²) >= 11 is 0. The van der Waals surface area contributed by atoms with Crippen molar-refractivity contribution >= 4 is 11.9 Å². The molecule has 4 nitrogen and oxygen atoms in total. The number of ketones is 1. The maximum Gasteiger partial charge on any atom is 0.221 e. The minimum atomic E-state index is -0.173. The predicted molar refractivity (Wildman–Crippen MR) is 76.4 cm³/mol. The van der Waals surface area contributed by atoms with E-state index in [9.17, 15) is 4.79 Å². The molecular weight excluding hydrogens is 256 g/mol. The monoisotopic (exact) mass is 272 g/mol. The van der Waals surface area contributed by atoms with Crippen molar-refractivity contribution < 1.29 is 18.7 Å². The lowest BCUT2D eigenvalue weighted by Crippen LogP contribution is -1.92. The van der Waals surface area contributed by atoms with E-state index in [1.165, 1.54) is 6.08 Å². The molecule has 0 saturated heterocycles. The van der Waals surface area contributed by atoms with E-state index in [0.29, 0.717) is 23.0 Å². The molecule has 0 aliphatic rings. The number of furan rings is 1. The Morgan fingerprint density at radius 1 is 1.10 bits per heavy atom. The van der Waals surface area contributed by atoms with Gasteiger partial charge in [-0.1, -0.05) is 12.1 Å². The molecule has 0 fully saturated rings. The molecule has 0 amide bonds. The number of benzene rings is 1. The molecule has 0 N–H and O–H groups in total. The third kappa shape index (κ3) is 3.09. The second-order valence-electron chi connectivity index (χ2n) is 4.22. The Morgan fingerprint density at radius 3 is 2.45 bits per heavy atom. The fourth-order valence-electron chi connectivity index (χ4n) is 1.78. The summed E-state index contributed by atoms with van der Waals surface area (Å²) < 4.78 is 15.6. The molecule has 0 aliphatic heterocycles. The topological polar surface area (TPSA) is 48.7 Å². The van der Waals surface area contributed by atoms with Crippen LogP contribution in [0.3, 0.4) is 0 Å². The third-order valence-electron chi connectivity index (χ3n) is 2.82. The van der Waals surface area contributed by atoms with Crippen LogP contribution in [0.15, 0.2) is 40.8 Å². The molecule has 0 bridgehead atoms. The van der Waals surface area contributed by atoms with Gasteiger partial charge in [0.1, 0.15) is 5.76 Å². The standard InChI is InChI=1S/C16H16O4/c1-11-4-8-14(20-11)13(17)7-5-12-6-9-15(18-2)16(10-12)19-3/h4-10H,1-3H3/b7-5+. The minimum absolute atomic E-state index is 0.173. The summed E-state index contributed by atoms with van der Waals surface area (Å²) in [4.78, 5) is 11.9. The number of methoxy groups -OCH3 is 2. The molecule has 4 heteroatoms. The molecule has 20 heavy (non-hydrogen) atoms. The normalized spacial score (nSPS) is 10.8. The maximum atomic E-state index is 11.9. The van der Waals surface area contributed by atoms with Crippen LogP contribution in [0, 0.1) is 6.92 Å². The van der Waals surface area contributed by atoms with Gasteiger partial charge in [0.05, 0.1) is 14.2 Å². The van der Waals surface area contributed by atoms with Gasteiger partial charge in [-0.3, -0.25) is 4.79 Å². The van der Waals surface area contributed by atoms with Gasteiger partial charge < -0.3 is 13.9 Å². The van der Waals surface area contributed by atoms with Crippen molar-refractivity contribution in [3.05, 3.63) is 53.5 Å². The van der Waals surface area contributed by atoms with Crippen molar-refractivity contribution in [2.75, 3.05) is 14.2 Å². The van der Waals surface area contributed by atoms with Gasteiger partial charge >= 0.3 is 0 Å². The molecule has 104 valence electrons. The van der Waals surface area contributed by atoms with E-state index in [2.05, 4.69) is 0 Å². The van der Waals surface area contributed by atoms with Gasteiger partial charge in [-0.15, -0.1) is 0 Å². The van der Waals surface area contributed by atoms with Crippen LogP contribution in [0.4, 0.5) is 0 Å². The molecular formula is C16H16O4. The molecule has 2 aromatic rings. The van der Waals surface area contributed by atoms with Gasteiger partial charge in [0.2, 0.25) is 5.78 Å². The van der Waals surface area contributed by atoms with E-state index >= 15 is 0 Å². The average molecular weight is 272 g/mol. The number of allylic oxidation sites excluding steroid dienone is 1. The molecule has 0 saturated carbocycles. The minimum Gasteiger partial charge on any atom is -0.493 e. The number of ether oxygens (including phenoxy) is 2. The zero-order valence-electron chi connectivity index (χ0n) is 11.7. The van der Waals surface area contributed by atoms with Gasteiger partial charge in [0.15, 0.2) is 17.3 Å². The zero-order valence-corrected chi connectivity index (χ0v) is 11.7. The number of carbonyl (C=O) groups is 1. The fraction of sp³-hybridized carbons (Fsp3) is 0.188. The largest absolute Gasteiger partial charge is 0.493 e. The van der Waals surface area contributed by atoms with Crippen LogP contribution < -0.4 is 9.47 Å². The lowest BCUT2D eigenvalue weighted by atomic mass is 10.1. The Labute approximate surface area is 117 Å². The van der Waals surface area contributed by atoms with E-state index in [1.54, 1.807) is 51.5 Å². The maximum absolute atomic E-state index is 11.9. The van der Waals surface area contributed by atoms with Crippen molar-refractivity contribution in [2.24, 2.45) is 0 Å². The van der Waals surface area contributed by atoms with Crippen LogP contribution >= 0.6 is 0 Å². The van der Waals surface area contributed by atoms with Crippen LogP contribution in [0.1, 0.15) is 21.9 Å². The molecule has 0 atom stereocenters. The molecule has 0 unspecified atom stereocenters. The van der Waals surface area contributed by atoms with Gasteiger partial charge in [0.25, 0.3) is 0 Å². The molecule has 0 aliphatic carbocycles. The van der Waals surface area contributed by atoms with E-state index in [1.807, 2.05) is 6.07 Å². The van der Waals surface area contributed by atoms with Crippen LogP contribution in [-0.4, -0.2) is 20.0 Å². The highest BCUT2D eigenvalue weighted by Gasteiger charge is 2.07. The summed E-state index contributed by atoms with van der Waals surface area (Å²) in [6.45, 7) is 1.80. The van der Waals surface area contributed by atoms with E-state index in [-0.39, 0.29) is 5.78 Å². The Morgan fingerprint density at radius 2 is 1.85 bits per heavy atom. The van der Waals surface area contributed by atoms with Crippen LogP contribution in [0.5, 0.6) is 11.5 Å². The Bertz CT molecular complexity index is 638. The number of rotatable bonds is 5. The van der Waals surface area contributed by atoms with Crippen LogP contribution in [0.25, 0.3) is 6.08 Å². The number of hydrogen-bond acceptors (Lipinski definition) is 4. The molecule has 1 aromatic heterocycles. The lowest BCUT2D eigenvalue weighted by Gasteiger charge is -2.07. The van der Waals surface area contributed by atoms with Crippen molar-refractivity contribution in [1.29, 1.82) is 0 Å². The Kier molecular flexibility index (Phi) is 4.25. The molecule has 2 rings (SSSR count). The molecule has 0 spiro atoms. The van der Waals surface area contributed by atoms with E-state index in [4.69, 9.17) is 13.9 Å². The second kappa shape index (κ2) is 6.10. The molecule has 1 aromatic carbocycles. The van der Waals surface area contributed by atoms with E-state index < -0.39 is 0 Å². The molecule has 1 heterocycles. The highest BCUT2D eigenvalue weighted by atomic mass is 16.5. The van der Waals surface area contributed by atoms with E-state index in [0.717, 1.165) is 5.56 Å². The van der Waals surface area contributed by atoms with Crippen LogP contribution in [-0.2, 0) is 0 Å². The first-order valence-corrected chi connectivity index (χ1v) is 6.15. The fourth-order valence-corrected chi connectivity index (χ4v) is 1.78. The average Bonchev–Trinajstić information content (AvgIpc) is 2.91. The summed E-state index contributed by atoms with van der Waals surface area (Å²) in [7, 11) is 3.15. The second-order valence-corrected chi connectivity index (χ2v) is 4.22. The first kappa shape index (κ1) is 13.9. The molecule has 0 radical (unpaired) electrons. The number of aryl methyl sites for hydroxylation is 1. The highest BCUT2D eigenvalue weighted by Crippen LogP contribution is 2.28. The highest BCUT2D eigenvalue weighted by molar-refractivity contribution is 6.04. The summed E-state index contributed by atoms with van der Waals surface area (Å²) in [5, 5.41) is 0. The smallest absolute Gasteiger partial charge is 0.221 e. The first-order valence-electron chi connectivity index (χ1n) is 6.15. The quantitative estimate of drug-likeness (QED) is 0.617. The summed E-state index contributed by atoms with van der Waals surface area (Å²) in [6, 6.07) is 8.86. The van der Waals surface area contributed by atoms with Gasteiger partial charge in [-0.25, -0.2) is 0 Å². The van der Waals surface area contributed by atoms with Gasteiger partial charge in [0, 0.05) is 0 Å². The number of hydrogen-bond donors (Lipinski definition) is 0. The summed E-state index contributed by atoms with van der Waals surface area (Å²) in [5.74, 6) is 2.15. The van der Waals surface area contributed by atoms with Gasteiger partial charge in [-0.2, -0.15) is 0 Å². The first-order chi connectivity index (χ1) is 9.63. The van der Waals surface area contributed by atoms with Gasteiger partial charge in [-0.05, 0) is 42.8 Å².